The highest BCUT2D eigenvalue weighted by molar-refractivity contribution is 5.75. The van der Waals surface area contributed by atoms with Crippen LogP contribution in [-0.2, 0) is 0 Å². The molecule has 1 aliphatic carbocycles. The Balaban J connectivity index is 1.45. The zero-order valence-corrected chi connectivity index (χ0v) is 14.0. The van der Waals surface area contributed by atoms with Gasteiger partial charge in [-0.2, -0.15) is 0 Å². The number of carbonyl (C=O) groups excluding carboxylic acids is 1. The molecule has 1 aromatic carbocycles. The molecule has 1 N–H and O–H groups in total. The monoisotopic (exact) mass is 313 g/mol. The van der Waals surface area contributed by atoms with Crippen LogP contribution in [0.25, 0.3) is 0 Å². The number of rotatable bonds is 3. The van der Waals surface area contributed by atoms with E-state index < -0.39 is 0 Å². The van der Waals surface area contributed by atoms with Gasteiger partial charge < -0.3 is 15.1 Å². The van der Waals surface area contributed by atoms with Gasteiger partial charge in [-0.1, -0.05) is 31.1 Å². The summed E-state index contributed by atoms with van der Waals surface area (Å²) >= 11 is 0. The number of hydrogen-bond donors (Lipinski definition) is 1. The number of allylic oxidation sites excluding steroid dienone is 1. The lowest BCUT2D eigenvalue weighted by Crippen LogP contribution is -2.51. The molecule has 0 aromatic heterocycles. The maximum Gasteiger partial charge on any atom is 0.321 e. The maximum absolute atomic E-state index is 12.2. The van der Waals surface area contributed by atoms with Crippen LogP contribution < -0.4 is 10.2 Å². The van der Waals surface area contributed by atoms with Crippen LogP contribution in [0.3, 0.4) is 0 Å². The molecule has 0 unspecified atom stereocenters. The van der Waals surface area contributed by atoms with E-state index in [2.05, 4.69) is 47.5 Å². The molecule has 2 amide bonds. The molecule has 124 valence electrons. The van der Waals surface area contributed by atoms with Gasteiger partial charge in [0.1, 0.15) is 0 Å². The van der Waals surface area contributed by atoms with Crippen LogP contribution in [0, 0.1) is 12.8 Å². The van der Waals surface area contributed by atoms with E-state index >= 15 is 0 Å². The van der Waals surface area contributed by atoms with Gasteiger partial charge in [-0.3, -0.25) is 0 Å². The van der Waals surface area contributed by atoms with Crippen molar-refractivity contribution in [2.24, 2.45) is 5.92 Å². The number of nitrogens with zero attached hydrogens (tertiary/aromatic N) is 2. The Hall–Kier alpha value is -1.97. The van der Waals surface area contributed by atoms with Crippen LogP contribution in [0.15, 0.2) is 36.5 Å². The second-order valence-corrected chi connectivity index (χ2v) is 6.67. The standard InChI is InChI=1S/C19H27N3O/c1-16-5-4-8-18(15-16)21-11-13-22(14-12-21)19(23)20-10-9-17-6-2-3-7-17/h4-5,8-10,15,17H,2-3,6-7,11-14H2,1H3,(H,20,23)/b10-9+. The van der Waals surface area contributed by atoms with Gasteiger partial charge in [0.05, 0.1) is 0 Å². The third-order valence-corrected chi connectivity index (χ3v) is 4.91. The fraction of sp³-hybridized carbons (Fsp3) is 0.526. The Bertz CT molecular complexity index is 555. The molecule has 23 heavy (non-hydrogen) atoms. The van der Waals surface area contributed by atoms with Crippen molar-refractivity contribution >= 4 is 11.7 Å². The molecule has 1 heterocycles. The summed E-state index contributed by atoms with van der Waals surface area (Å²) in [6, 6.07) is 8.59. The second-order valence-electron chi connectivity index (χ2n) is 6.67. The summed E-state index contributed by atoms with van der Waals surface area (Å²) in [5.41, 5.74) is 2.53. The molecule has 1 aromatic rings. The summed E-state index contributed by atoms with van der Waals surface area (Å²) < 4.78 is 0. The Morgan fingerprint density at radius 1 is 1.17 bits per heavy atom. The summed E-state index contributed by atoms with van der Waals surface area (Å²) in [6.07, 6.45) is 9.19. The molecule has 1 saturated carbocycles. The lowest BCUT2D eigenvalue weighted by atomic mass is 10.1. The third-order valence-electron chi connectivity index (χ3n) is 4.91. The number of anilines is 1. The van der Waals surface area contributed by atoms with Crippen molar-refractivity contribution in [2.75, 3.05) is 31.1 Å². The number of benzene rings is 1. The quantitative estimate of drug-likeness (QED) is 0.926. The summed E-state index contributed by atoms with van der Waals surface area (Å²) in [5, 5.41) is 2.93. The number of nitrogens with one attached hydrogen (secondary N) is 1. The van der Waals surface area contributed by atoms with Gasteiger partial charge in [0.2, 0.25) is 0 Å². The Labute approximate surface area is 139 Å². The predicted molar refractivity (Wildman–Crippen MR) is 94.6 cm³/mol. The Kier molecular flexibility index (Phi) is 5.21. The average Bonchev–Trinajstić information content (AvgIpc) is 3.08. The zero-order chi connectivity index (χ0) is 16.1. The molecule has 0 bridgehead atoms. The van der Waals surface area contributed by atoms with Crippen molar-refractivity contribution in [3.63, 3.8) is 0 Å². The van der Waals surface area contributed by atoms with Crippen LogP contribution in [-0.4, -0.2) is 37.1 Å². The maximum atomic E-state index is 12.2. The van der Waals surface area contributed by atoms with Gasteiger partial charge in [0, 0.05) is 38.1 Å². The number of aryl methyl sites for hydroxylation is 1. The van der Waals surface area contributed by atoms with E-state index in [-0.39, 0.29) is 6.03 Å². The van der Waals surface area contributed by atoms with Crippen molar-refractivity contribution in [1.29, 1.82) is 0 Å². The lowest BCUT2D eigenvalue weighted by molar-refractivity contribution is 0.198. The highest BCUT2D eigenvalue weighted by Gasteiger charge is 2.20. The van der Waals surface area contributed by atoms with E-state index in [0.717, 1.165) is 26.2 Å². The minimum atomic E-state index is 0.0307. The van der Waals surface area contributed by atoms with Crippen LogP contribution in [0.2, 0.25) is 0 Å². The van der Waals surface area contributed by atoms with E-state index in [4.69, 9.17) is 0 Å². The Morgan fingerprint density at radius 3 is 2.61 bits per heavy atom. The van der Waals surface area contributed by atoms with Crippen LogP contribution >= 0.6 is 0 Å². The largest absolute Gasteiger partial charge is 0.368 e. The number of carbonyl (C=O) groups is 1. The van der Waals surface area contributed by atoms with Gasteiger partial charge in [-0.15, -0.1) is 0 Å². The van der Waals surface area contributed by atoms with Gasteiger partial charge in [0.25, 0.3) is 0 Å². The second kappa shape index (κ2) is 7.53. The first-order valence-corrected chi connectivity index (χ1v) is 8.76. The molecule has 0 atom stereocenters. The fourth-order valence-corrected chi connectivity index (χ4v) is 3.49. The van der Waals surface area contributed by atoms with Gasteiger partial charge in [-0.05, 0) is 43.4 Å². The third kappa shape index (κ3) is 4.27. The molecule has 0 radical (unpaired) electrons. The highest BCUT2D eigenvalue weighted by atomic mass is 16.2. The molecule has 0 spiro atoms. The molecular formula is C19H27N3O. The van der Waals surface area contributed by atoms with E-state index in [1.165, 1.54) is 36.9 Å². The minimum absolute atomic E-state index is 0.0307. The predicted octanol–water partition coefficient (Wildman–Crippen LogP) is 3.53. The first kappa shape index (κ1) is 15.9. The van der Waals surface area contributed by atoms with E-state index in [1.54, 1.807) is 0 Å². The molecule has 1 saturated heterocycles. The van der Waals surface area contributed by atoms with Gasteiger partial charge in [0.15, 0.2) is 0 Å². The van der Waals surface area contributed by atoms with Crippen molar-refractivity contribution in [3.05, 3.63) is 42.1 Å². The Morgan fingerprint density at radius 2 is 1.91 bits per heavy atom. The molecule has 2 fully saturated rings. The number of piperazine rings is 1. The fourth-order valence-electron chi connectivity index (χ4n) is 3.49. The van der Waals surface area contributed by atoms with E-state index in [1.807, 2.05) is 11.1 Å². The first-order valence-electron chi connectivity index (χ1n) is 8.76. The van der Waals surface area contributed by atoms with Crippen LogP contribution in [0.4, 0.5) is 10.5 Å². The molecule has 1 aliphatic heterocycles. The number of amides is 2. The van der Waals surface area contributed by atoms with Crippen LogP contribution in [0.1, 0.15) is 31.2 Å². The van der Waals surface area contributed by atoms with Crippen molar-refractivity contribution in [1.82, 2.24) is 10.2 Å². The van der Waals surface area contributed by atoms with E-state index in [9.17, 15) is 4.79 Å². The van der Waals surface area contributed by atoms with E-state index in [0.29, 0.717) is 5.92 Å². The average molecular weight is 313 g/mol. The van der Waals surface area contributed by atoms with Crippen LogP contribution in [0.5, 0.6) is 0 Å². The SMILES string of the molecule is Cc1cccc(N2CCN(C(=O)N/C=C/C3CCCC3)CC2)c1. The highest BCUT2D eigenvalue weighted by Crippen LogP contribution is 2.25. The lowest BCUT2D eigenvalue weighted by Gasteiger charge is -2.36. The minimum Gasteiger partial charge on any atom is -0.368 e. The number of urea groups is 1. The zero-order valence-electron chi connectivity index (χ0n) is 14.0. The molecule has 2 aliphatic rings. The molecular weight excluding hydrogens is 286 g/mol. The summed E-state index contributed by atoms with van der Waals surface area (Å²) in [5.74, 6) is 0.661. The smallest absolute Gasteiger partial charge is 0.321 e. The van der Waals surface area contributed by atoms with Crippen molar-refractivity contribution < 1.29 is 4.79 Å². The topological polar surface area (TPSA) is 35.6 Å². The summed E-state index contributed by atoms with van der Waals surface area (Å²) in [4.78, 5) is 16.5. The summed E-state index contributed by atoms with van der Waals surface area (Å²) in [7, 11) is 0. The summed E-state index contributed by atoms with van der Waals surface area (Å²) in [6.45, 7) is 5.45. The molecule has 4 heteroatoms. The van der Waals surface area contributed by atoms with Gasteiger partial charge in [-0.25, -0.2) is 4.79 Å². The number of hydrogen-bond acceptors (Lipinski definition) is 2. The molecule has 3 rings (SSSR count). The van der Waals surface area contributed by atoms with Gasteiger partial charge >= 0.3 is 6.03 Å². The van der Waals surface area contributed by atoms with Crippen molar-refractivity contribution in [2.45, 2.75) is 32.6 Å². The van der Waals surface area contributed by atoms with Crippen molar-refractivity contribution in [3.8, 4) is 0 Å². The first-order chi connectivity index (χ1) is 11.2. The normalized spacial score (nSPS) is 19.5. The molecule has 4 nitrogen and oxygen atoms in total.